The van der Waals surface area contributed by atoms with Crippen molar-refractivity contribution in [2.24, 2.45) is 0 Å². The van der Waals surface area contributed by atoms with Gasteiger partial charge in [-0.3, -0.25) is 4.57 Å². The molecule has 0 saturated heterocycles. The van der Waals surface area contributed by atoms with E-state index in [1.165, 1.54) is 0 Å². The van der Waals surface area contributed by atoms with Crippen LogP contribution in [0.4, 0.5) is 0 Å². The second-order valence-electron chi connectivity index (χ2n) is 3.82. The molecule has 0 fully saturated rings. The summed E-state index contributed by atoms with van der Waals surface area (Å²) in [7, 11) is -3.93. The maximum atomic E-state index is 10.7. The summed E-state index contributed by atoms with van der Waals surface area (Å²) in [6.45, 7) is 4.18. The van der Waals surface area contributed by atoms with Crippen LogP contribution in [0.5, 0.6) is 0 Å². The molecular formula is C11H21O7P. The Labute approximate surface area is 112 Å². The standard InChI is InChI=1S/C11H21O7P/c1-2-11(12)16-7-4-3-5-8-17-18-9-6-10-19(13,14)15/h2H,1,3-10H2,(H2,13,14,15). The van der Waals surface area contributed by atoms with E-state index in [-0.39, 0.29) is 19.2 Å². The van der Waals surface area contributed by atoms with Gasteiger partial charge in [0.2, 0.25) is 0 Å². The van der Waals surface area contributed by atoms with Gasteiger partial charge in [-0.15, -0.1) is 0 Å². The molecule has 0 spiro atoms. The highest BCUT2D eigenvalue weighted by Crippen LogP contribution is 2.34. The Morgan fingerprint density at radius 2 is 1.63 bits per heavy atom. The zero-order valence-electron chi connectivity index (χ0n) is 10.8. The molecule has 7 nitrogen and oxygen atoms in total. The number of hydrogen-bond donors (Lipinski definition) is 2. The van der Waals surface area contributed by atoms with E-state index in [1.54, 1.807) is 0 Å². The maximum Gasteiger partial charge on any atom is 0.330 e. The van der Waals surface area contributed by atoms with Crippen molar-refractivity contribution >= 4 is 13.6 Å². The van der Waals surface area contributed by atoms with E-state index < -0.39 is 13.6 Å². The molecule has 0 aromatic rings. The van der Waals surface area contributed by atoms with Crippen molar-refractivity contribution in [1.29, 1.82) is 0 Å². The molecule has 0 bridgehead atoms. The fourth-order valence-electron chi connectivity index (χ4n) is 1.12. The summed E-state index contributed by atoms with van der Waals surface area (Å²) in [5.41, 5.74) is 0. The predicted molar refractivity (Wildman–Crippen MR) is 68.4 cm³/mol. The molecule has 0 unspecified atom stereocenters. The number of rotatable bonds is 12. The monoisotopic (exact) mass is 296 g/mol. The zero-order valence-corrected chi connectivity index (χ0v) is 11.7. The lowest BCUT2D eigenvalue weighted by molar-refractivity contribution is -0.294. The van der Waals surface area contributed by atoms with Gasteiger partial charge >= 0.3 is 13.6 Å². The minimum absolute atomic E-state index is 0.155. The molecule has 2 N–H and O–H groups in total. The van der Waals surface area contributed by atoms with Crippen molar-refractivity contribution in [1.82, 2.24) is 0 Å². The van der Waals surface area contributed by atoms with Crippen molar-refractivity contribution in [3.8, 4) is 0 Å². The summed E-state index contributed by atoms with van der Waals surface area (Å²) in [6.07, 6.45) is 3.49. The van der Waals surface area contributed by atoms with Gasteiger partial charge in [0.05, 0.1) is 26.0 Å². The highest BCUT2D eigenvalue weighted by atomic mass is 31.2. The summed E-state index contributed by atoms with van der Waals surface area (Å²) in [6, 6.07) is 0. The third-order valence-corrected chi connectivity index (χ3v) is 2.94. The molecular weight excluding hydrogens is 275 g/mol. The Balaban J connectivity index is 3.13. The number of hydrogen-bond acceptors (Lipinski definition) is 5. The number of carbonyl (C=O) groups excluding carboxylic acids is 1. The van der Waals surface area contributed by atoms with E-state index >= 15 is 0 Å². The Morgan fingerprint density at radius 3 is 2.21 bits per heavy atom. The van der Waals surface area contributed by atoms with Crippen molar-refractivity contribution < 1.29 is 33.7 Å². The molecule has 0 aliphatic rings. The molecule has 0 rings (SSSR count). The lowest BCUT2D eigenvalue weighted by atomic mass is 10.2. The van der Waals surface area contributed by atoms with Gasteiger partial charge < -0.3 is 14.5 Å². The Bertz CT molecular complexity index is 299. The minimum Gasteiger partial charge on any atom is -0.463 e. The van der Waals surface area contributed by atoms with Gasteiger partial charge in [0.25, 0.3) is 0 Å². The quantitative estimate of drug-likeness (QED) is 0.140. The van der Waals surface area contributed by atoms with Gasteiger partial charge in [0.1, 0.15) is 0 Å². The van der Waals surface area contributed by atoms with E-state index in [0.29, 0.717) is 13.2 Å². The van der Waals surface area contributed by atoms with E-state index in [0.717, 1.165) is 25.3 Å². The number of ether oxygens (including phenoxy) is 1. The average molecular weight is 296 g/mol. The average Bonchev–Trinajstić information content (AvgIpc) is 2.34. The SMILES string of the molecule is C=CC(=O)OCCCCCOOCCCP(=O)(O)O. The lowest BCUT2D eigenvalue weighted by Gasteiger charge is -2.05. The van der Waals surface area contributed by atoms with Crippen LogP contribution in [0.25, 0.3) is 0 Å². The molecule has 0 aromatic carbocycles. The zero-order chi connectivity index (χ0) is 14.6. The Hall–Kier alpha value is -0.720. The van der Waals surface area contributed by atoms with E-state index in [1.807, 2.05) is 0 Å². The van der Waals surface area contributed by atoms with Crippen molar-refractivity contribution in [3.63, 3.8) is 0 Å². The first-order valence-corrected chi connectivity index (χ1v) is 7.83. The topological polar surface area (TPSA) is 102 Å². The molecule has 0 aromatic heterocycles. The van der Waals surface area contributed by atoms with Crippen molar-refractivity contribution in [2.45, 2.75) is 25.7 Å². The summed E-state index contributed by atoms with van der Waals surface area (Å²) in [5, 5.41) is 0. The van der Waals surface area contributed by atoms with Gasteiger partial charge in [-0.05, 0) is 25.7 Å². The largest absolute Gasteiger partial charge is 0.463 e. The smallest absolute Gasteiger partial charge is 0.330 e. The van der Waals surface area contributed by atoms with Gasteiger partial charge in [0, 0.05) is 6.08 Å². The van der Waals surface area contributed by atoms with Crippen LogP contribution in [-0.2, 0) is 23.9 Å². The number of esters is 1. The molecule has 8 heteroatoms. The van der Waals surface area contributed by atoms with Crippen molar-refractivity contribution in [3.05, 3.63) is 12.7 Å². The molecule has 0 atom stereocenters. The van der Waals surface area contributed by atoms with Crippen molar-refractivity contribution in [2.75, 3.05) is 26.0 Å². The highest BCUT2D eigenvalue weighted by Gasteiger charge is 2.11. The number of carbonyl (C=O) groups is 1. The van der Waals surface area contributed by atoms with Gasteiger partial charge in [-0.2, -0.15) is 0 Å². The summed E-state index contributed by atoms with van der Waals surface area (Å²) in [5.74, 6) is -0.426. The van der Waals surface area contributed by atoms with Gasteiger partial charge in [-0.1, -0.05) is 6.58 Å². The first-order chi connectivity index (χ1) is 8.95. The van der Waals surface area contributed by atoms with Crippen LogP contribution in [0.3, 0.4) is 0 Å². The summed E-state index contributed by atoms with van der Waals surface area (Å²) < 4.78 is 15.3. The molecule has 0 saturated carbocycles. The van der Waals surface area contributed by atoms with Gasteiger partial charge in [-0.25, -0.2) is 14.6 Å². The molecule has 19 heavy (non-hydrogen) atoms. The van der Waals surface area contributed by atoms with Crippen LogP contribution in [0, 0.1) is 0 Å². The maximum absolute atomic E-state index is 10.7. The fourth-order valence-corrected chi connectivity index (χ4v) is 1.66. The molecule has 112 valence electrons. The lowest BCUT2D eigenvalue weighted by Crippen LogP contribution is -2.03. The fraction of sp³-hybridized carbons (Fsp3) is 0.727. The molecule has 0 aliphatic carbocycles. The van der Waals surface area contributed by atoms with E-state index in [2.05, 4.69) is 6.58 Å². The van der Waals surface area contributed by atoms with Crippen LogP contribution < -0.4 is 0 Å². The second kappa shape index (κ2) is 11.1. The second-order valence-corrected chi connectivity index (χ2v) is 5.59. The first-order valence-electron chi connectivity index (χ1n) is 6.04. The Kier molecular flexibility index (Phi) is 10.7. The van der Waals surface area contributed by atoms with Crippen LogP contribution >= 0.6 is 7.60 Å². The van der Waals surface area contributed by atoms with E-state index in [9.17, 15) is 9.36 Å². The molecule has 0 radical (unpaired) electrons. The third kappa shape index (κ3) is 15.2. The Morgan fingerprint density at radius 1 is 1.05 bits per heavy atom. The molecule has 0 aliphatic heterocycles. The molecule has 0 amide bonds. The highest BCUT2D eigenvalue weighted by molar-refractivity contribution is 7.51. The molecule has 0 heterocycles. The van der Waals surface area contributed by atoms with Crippen LogP contribution in [0.1, 0.15) is 25.7 Å². The van der Waals surface area contributed by atoms with Crippen LogP contribution in [0.2, 0.25) is 0 Å². The van der Waals surface area contributed by atoms with Gasteiger partial charge in [0.15, 0.2) is 0 Å². The summed E-state index contributed by atoms with van der Waals surface area (Å²) >= 11 is 0. The normalized spacial score (nSPS) is 11.3. The van der Waals surface area contributed by atoms with Crippen LogP contribution in [-0.4, -0.2) is 41.7 Å². The number of unbranched alkanes of at least 4 members (excludes halogenated alkanes) is 2. The minimum atomic E-state index is -3.93. The van der Waals surface area contributed by atoms with E-state index in [4.69, 9.17) is 24.3 Å². The van der Waals surface area contributed by atoms with Crippen LogP contribution in [0.15, 0.2) is 12.7 Å². The summed E-state index contributed by atoms with van der Waals surface area (Å²) in [4.78, 5) is 37.4. The first kappa shape index (κ1) is 18.3. The third-order valence-electron chi connectivity index (χ3n) is 2.04. The predicted octanol–water partition coefficient (Wildman–Crippen LogP) is 1.40.